The first kappa shape index (κ1) is 15.6. The molecule has 0 radical (unpaired) electrons. The van der Waals surface area contributed by atoms with E-state index in [4.69, 9.17) is 11.6 Å². The normalized spacial score (nSPS) is 17.2. The van der Waals surface area contributed by atoms with Gasteiger partial charge in [0.15, 0.2) is 0 Å². The molecule has 1 saturated carbocycles. The van der Waals surface area contributed by atoms with E-state index in [9.17, 15) is 0 Å². The van der Waals surface area contributed by atoms with Crippen LogP contribution in [0.4, 0.5) is 5.82 Å². The van der Waals surface area contributed by atoms with E-state index >= 15 is 0 Å². The van der Waals surface area contributed by atoms with Gasteiger partial charge in [-0.1, -0.05) is 37.3 Å². The van der Waals surface area contributed by atoms with Gasteiger partial charge in [0.25, 0.3) is 0 Å². The first-order chi connectivity index (χ1) is 9.70. The van der Waals surface area contributed by atoms with Crippen LogP contribution in [0.2, 0.25) is 5.02 Å². The zero-order valence-corrected chi connectivity index (χ0v) is 13.4. The third-order valence-electron chi connectivity index (χ3n) is 4.12. The molecule has 20 heavy (non-hydrogen) atoms. The number of rotatable bonds is 5. The van der Waals surface area contributed by atoms with Crippen LogP contribution < -0.4 is 5.32 Å². The molecule has 0 aromatic carbocycles. The fourth-order valence-corrected chi connectivity index (χ4v) is 3.10. The van der Waals surface area contributed by atoms with E-state index in [2.05, 4.69) is 29.2 Å². The van der Waals surface area contributed by atoms with Gasteiger partial charge in [-0.15, -0.1) is 0 Å². The third kappa shape index (κ3) is 4.35. The Labute approximate surface area is 127 Å². The van der Waals surface area contributed by atoms with Crippen molar-refractivity contribution in [3.8, 4) is 0 Å². The molecule has 1 aromatic rings. The first-order valence-electron chi connectivity index (χ1n) is 7.80. The molecule has 0 bridgehead atoms. The van der Waals surface area contributed by atoms with Gasteiger partial charge in [-0.25, -0.2) is 4.98 Å². The standard InChI is InChI=1S/C16H26ClN3/c1-3-18-16-11-10-14(17)15(19-16)12-20(2)13-8-6-4-5-7-9-13/h10-11,13H,3-9,12H2,1-2H3,(H,18,19). The van der Waals surface area contributed by atoms with Gasteiger partial charge in [0.2, 0.25) is 0 Å². The van der Waals surface area contributed by atoms with Crippen molar-refractivity contribution in [3.05, 3.63) is 22.8 Å². The maximum absolute atomic E-state index is 6.29. The lowest BCUT2D eigenvalue weighted by molar-refractivity contribution is 0.211. The lowest BCUT2D eigenvalue weighted by Gasteiger charge is -2.27. The van der Waals surface area contributed by atoms with Crippen LogP contribution in [0.25, 0.3) is 0 Å². The summed E-state index contributed by atoms with van der Waals surface area (Å²) in [6.45, 7) is 3.79. The van der Waals surface area contributed by atoms with Crippen molar-refractivity contribution in [1.82, 2.24) is 9.88 Å². The van der Waals surface area contributed by atoms with E-state index in [0.29, 0.717) is 6.04 Å². The van der Waals surface area contributed by atoms with E-state index in [1.165, 1.54) is 38.5 Å². The van der Waals surface area contributed by atoms with E-state index in [1.807, 2.05) is 12.1 Å². The van der Waals surface area contributed by atoms with Crippen molar-refractivity contribution in [2.45, 2.75) is 58.0 Å². The average Bonchev–Trinajstić information content (AvgIpc) is 2.72. The molecule has 1 heterocycles. The van der Waals surface area contributed by atoms with Crippen molar-refractivity contribution >= 4 is 17.4 Å². The van der Waals surface area contributed by atoms with Gasteiger partial charge in [0, 0.05) is 19.1 Å². The van der Waals surface area contributed by atoms with Crippen LogP contribution in [0, 0.1) is 0 Å². The number of pyridine rings is 1. The Morgan fingerprint density at radius 3 is 2.60 bits per heavy atom. The molecule has 1 fully saturated rings. The summed E-state index contributed by atoms with van der Waals surface area (Å²) in [4.78, 5) is 7.06. The zero-order valence-electron chi connectivity index (χ0n) is 12.7. The first-order valence-corrected chi connectivity index (χ1v) is 8.18. The van der Waals surface area contributed by atoms with Gasteiger partial charge in [-0.2, -0.15) is 0 Å². The van der Waals surface area contributed by atoms with Crippen molar-refractivity contribution in [3.63, 3.8) is 0 Å². The molecule has 4 heteroatoms. The monoisotopic (exact) mass is 295 g/mol. The Hall–Kier alpha value is -0.800. The fraction of sp³-hybridized carbons (Fsp3) is 0.688. The molecular formula is C16H26ClN3. The molecule has 0 atom stereocenters. The van der Waals surface area contributed by atoms with Crippen LogP contribution in [0.5, 0.6) is 0 Å². The van der Waals surface area contributed by atoms with Crippen LogP contribution in [-0.4, -0.2) is 29.5 Å². The predicted molar refractivity (Wildman–Crippen MR) is 86.4 cm³/mol. The number of nitrogens with one attached hydrogen (secondary N) is 1. The van der Waals surface area contributed by atoms with Gasteiger partial charge in [-0.3, -0.25) is 4.90 Å². The van der Waals surface area contributed by atoms with Gasteiger partial charge < -0.3 is 5.32 Å². The van der Waals surface area contributed by atoms with Crippen molar-refractivity contribution in [1.29, 1.82) is 0 Å². The number of hydrogen-bond donors (Lipinski definition) is 1. The summed E-state index contributed by atoms with van der Waals surface area (Å²) in [5.74, 6) is 0.918. The van der Waals surface area contributed by atoms with Crippen molar-refractivity contribution in [2.24, 2.45) is 0 Å². The predicted octanol–water partition coefficient (Wildman–Crippen LogP) is 4.32. The Balaban J connectivity index is 2.02. The van der Waals surface area contributed by atoms with Crippen LogP contribution in [0.15, 0.2) is 12.1 Å². The summed E-state index contributed by atoms with van der Waals surface area (Å²) < 4.78 is 0. The highest BCUT2D eigenvalue weighted by Gasteiger charge is 2.18. The van der Waals surface area contributed by atoms with Crippen LogP contribution >= 0.6 is 11.6 Å². The van der Waals surface area contributed by atoms with Crippen molar-refractivity contribution < 1.29 is 0 Å². The number of halogens is 1. The summed E-state index contributed by atoms with van der Waals surface area (Å²) in [5, 5.41) is 4.02. The quantitative estimate of drug-likeness (QED) is 0.820. The lowest BCUT2D eigenvalue weighted by atomic mass is 10.1. The topological polar surface area (TPSA) is 28.2 Å². The van der Waals surface area contributed by atoms with E-state index in [-0.39, 0.29) is 0 Å². The lowest BCUT2D eigenvalue weighted by Crippen LogP contribution is -2.31. The van der Waals surface area contributed by atoms with Gasteiger partial charge in [0.05, 0.1) is 10.7 Å². The molecule has 0 amide bonds. The summed E-state index contributed by atoms with van der Waals surface area (Å²) in [5.41, 5.74) is 0.983. The molecule has 1 aromatic heterocycles. The molecule has 1 N–H and O–H groups in total. The second-order valence-electron chi connectivity index (χ2n) is 5.72. The maximum Gasteiger partial charge on any atom is 0.126 e. The molecule has 1 aliphatic carbocycles. The maximum atomic E-state index is 6.29. The Morgan fingerprint density at radius 1 is 1.25 bits per heavy atom. The number of hydrogen-bond acceptors (Lipinski definition) is 3. The zero-order chi connectivity index (χ0) is 14.4. The highest BCUT2D eigenvalue weighted by atomic mass is 35.5. The SMILES string of the molecule is CCNc1ccc(Cl)c(CN(C)C2CCCCCC2)n1. The Morgan fingerprint density at radius 2 is 1.95 bits per heavy atom. The van der Waals surface area contributed by atoms with Gasteiger partial charge >= 0.3 is 0 Å². The third-order valence-corrected chi connectivity index (χ3v) is 4.47. The molecule has 3 nitrogen and oxygen atoms in total. The van der Waals surface area contributed by atoms with Gasteiger partial charge in [-0.05, 0) is 38.9 Å². The van der Waals surface area contributed by atoms with Gasteiger partial charge in [0.1, 0.15) is 5.82 Å². The smallest absolute Gasteiger partial charge is 0.126 e. The molecule has 112 valence electrons. The van der Waals surface area contributed by atoms with E-state index < -0.39 is 0 Å². The van der Waals surface area contributed by atoms with Crippen molar-refractivity contribution in [2.75, 3.05) is 18.9 Å². The molecule has 0 saturated heterocycles. The minimum absolute atomic E-state index is 0.679. The number of aromatic nitrogens is 1. The molecule has 2 rings (SSSR count). The summed E-state index contributed by atoms with van der Waals surface area (Å²) in [6.07, 6.45) is 8.10. The van der Waals surface area contributed by atoms with Crippen LogP contribution in [-0.2, 0) is 6.54 Å². The molecule has 0 spiro atoms. The largest absolute Gasteiger partial charge is 0.370 e. The van der Waals surface area contributed by atoms with Crippen LogP contribution in [0.3, 0.4) is 0 Å². The second kappa shape index (κ2) is 7.84. The Bertz CT molecular complexity index is 414. The Kier molecular flexibility index (Phi) is 6.11. The summed E-state index contributed by atoms with van der Waals surface area (Å²) >= 11 is 6.29. The summed E-state index contributed by atoms with van der Waals surface area (Å²) in [7, 11) is 2.20. The second-order valence-corrected chi connectivity index (χ2v) is 6.12. The molecule has 0 aliphatic heterocycles. The fourth-order valence-electron chi connectivity index (χ4n) is 2.94. The summed E-state index contributed by atoms with van der Waals surface area (Å²) in [6, 6.07) is 4.57. The minimum Gasteiger partial charge on any atom is -0.370 e. The minimum atomic E-state index is 0.679. The highest BCUT2D eigenvalue weighted by Crippen LogP contribution is 2.24. The van der Waals surface area contributed by atoms with E-state index in [1.54, 1.807) is 0 Å². The number of anilines is 1. The molecule has 1 aliphatic rings. The molecular weight excluding hydrogens is 270 g/mol. The highest BCUT2D eigenvalue weighted by molar-refractivity contribution is 6.31. The van der Waals surface area contributed by atoms with E-state index in [0.717, 1.165) is 29.6 Å². The average molecular weight is 296 g/mol. The number of nitrogens with zero attached hydrogens (tertiary/aromatic N) is 2. The van der Waals surface area contributed by atoms with Crippen LogP contribution in [0.1, 0.15) is 51.1 Å². The molecule has 0 unspecified atom stereocenters.